The summed E-state index contributed by atoms with van der Waals surface area (Å²) in [6.45, 7) is 5.50. The minimum absolute atomic E-state index is 0.236. The lowest BCUT2D eigenvalue weighted by Crippen LogP contribution is -2.44. The Hall–Kier alpha value is -1.75. The first-order valence-electron chi connectivity index (χ1n) is 7.06. The van der Waals surface area contributed by atoms with Gasteiger partial charge in [-0.05, 0) is 31.0 Å². The van der Waals surface area contributed by atoms with Crippen molar-refractivity contribution in [1.82, 2.24) is 0 Å². The van der Waals surface area contributed by atoms with Gasteiger partial charge in [0.1, 0.15) is 0 Å². The van der Waals surface area contributed by atoms with E-state index < -0.39 is 17.5 Å². The molecule has 1 rings (SSSR count). The summed E-state index contributed by atoms with van der Waals surface area (Å²) in [7, 11) is 3.10. The van der Waals surface area contributed by atoms with Gasteiger partial charge in [-0.15, -0.1) is 0 Å². The predicted octanol–water partition coefficient (Wildman–Crippen LogP) is 2.51. The van der Waals surface area contributed by atoms with Gasteiger partial charge in [-0.3, -0.25) is 0 Å². The van der Waals surface area contributed by atoms with Crippen LogP contribution in [0.5, 0.6) is 11.5 Å². The summed E-state index contributed by atoms with van der Waals surface area (Å²) in [6, 6.07) is 5.33. The van der Waals surface area contributed by atoms with Gasteiger partial charge in [0.25, 0.3) is 0 Å². The Balaban J connectivity index is 3.16. The van der Waals surface area contributed by atoms with E-state index in [0.29, 0.717) is 11.5 Å². The molecule has 5 nitrogen and oxygen atoms in total. The molecule has 0 amide bonds. The summed E-state index contributed by atoms with van der Waals surface area (Å²) < 4.78 is 15.4. The van der Waals surface area contributed by atoms with E-state index in [4.69, 9.17) is 14.2 Å². The number of methoxy groups -OCH3 is 2. The second kappa shape index (κ2) is 7.31. The monoisotopic (exact) mass is 296 g/mol. The van der Waals surface area contributed by atoms with Crippen molar-refractivity contribution in [3.8, 4) is 11.5 Å². The van der Waals surface area contributed by atoms with E-state index in [2.05, 4.69) is 0 Å². The largest absolute Gasteiger partial charge is 0.493 e. The van der Waals surface area contributed by atoms with Crippen molar-refractivity contribution in [2.24, 2.45) is 0 Å². The van der Waals surface area contributed by atoms with Crippen LogP contribution in [0.4, 0.5) is 0 Å². The summed E-state index contributed by atoms with van der Waals surface area (Å²) in [4.78, 5) is 12.1. The van der Waals surface area contributed by atoms with Crippen molar-refractivity contribution in [2.45, 2.75) is 38.7 Å². The Kier molecular flexibility index (Phi) is 6.03. The molecule has 0 aliphatic rings. The number of carbonyl (C=O) groups excluding carboxylic acids is 1. The fourth-order valence-electron chi connectivity index (χ4n) is 2.28. The molecule has 5 heteroatoms. The number of esters is 1. The van der Waals surface area contributed by atoms with Gasteiger partial charge < -0.3 is 19.3 Å². The Labute approximate surface area is 125 Å². The van der Waals surface area contributed by atoms with E-state index in [1.54, 1.807) is 47.1 Å². The van der Waals surface area contributed by atoms with Gasteiger partial charge in [0.15, 0.2) is 17.1 Å². The maximum Gasteiger partial charge on any atom is 0.338 e. The van der Waals surface area contributed by atoms with Gasteiger partial charge >= 0.3 is 5.97 Å². The molecule has 1 aromatic rings. The zero-order chi connectivity index (χ0) is 16.0. The van der Waals surface area contributed by atoms with E-state index in [9.17, 15) is 9.90 Å². The van der Waals surface area contributed by atoms with Gasteiger partial charge in [-0.25, -0.2) is 4.79 Å². The molecule has 0 spiro atoms. The molecule has 1 aromatic carbocycles. The number of hydrogen-bond donors (Lipinski definition) is 1. The van der Waals surface area contributed by atoms with Crippen LogP contribution in [0, 0.1) is 0 Å². The van der Waals surface area contributed by atoms with Crippen molar-refractivity contribution in [3.63, 3.8) is 0 Å². The minimum Gasteiger partial charge on any atom is -0.493 e. The van der Waals surface area contributed by atoms with Gasteiger partial charge in [0, 0.05) is 5.92 Å². The number of rotatable bonds is 7. The molecule has 0 radical (unpaired) electrons. The molecular weight excluding hydrogens is 272 g/mol. The lowest BCUT2D eigenvalue weighted by Gasteiger charge is -2.31. The van der Waals surface area contributed by atoms with E-state index in [1.165, 1.54) is 0 Å². The van der Waals surface area contributed by atoms with E-state index >= 15 is 0 Å². The normalized spacial score (nSPS) is 15.0. The Bertz CT molecular complexity index is 486. The number of benzene rings is 1. The average molecular weight is 296 g/mol. The van der Waals surface area contributed by atoms with Gasteiger partial charge in [-0.2, -0.15) is 0 Å². The molecule has 2 atom stereocenters. The summed E-state index contributed by atoms with van der Waals surface area (Å²) in [5.41, 5.74) is -0.777. The molecule has 118 valence electrons. The van der Waals surface area contributed by atoms with Crippen molar-refractivity contribution in [2.75, 3.05) is 20.8 Å². The van der Waals surface area contributed by atoms with Gasteiger partial charge in [0.05, 0.1) is 20.8 Å². The third-order valence-corrected chi connectivity index (χ3v) is 3.79. The predicted molar refractivity (Wildman–Crippen MR) is 79.8 cm³/mol. The highest BCUT2D eigenvalue weighted by Crippen LogP contribution is 2.36. The molecule has 1 N–H and O–H groups in total. The first-order chi connectivity index (χ1) is 9.94. The van der Waals surface area contributed by atoms with Gasteiger partial charge in [0.2, 0.25) is 0 Å². The number of carbonyl (C=O) groups is 1. The highest BCUT2D eigenvalue weighted by Gasteiger charge is 2.42. The maximum absolute atomic E-state index is 12.1. The SMILES string of the molecule is CCOC(=O)C(O)(CC)C(C)c1ccc(OC)c(OC)c1. The topological polar surface area (TPSA) is 65.0 Å². The van der Waals surface area contributed by atoms with Crippen molar-refractivity contribution >= 4 is 5.97 Å². The third-order valence-electron chi connectivity index (χ3n) is 3.79. The van der Waals surface area contributed by atoms with Crippen molar-refractivity contribution in [1.29, 1.82) is 0 Å². The Morgan fingerprint density at radius 3 is 2.33 bits per heavy atom. The smallest absolute Gasteiger partial charge is 0.338 e. The minimum atomic E-state index is -1.56. The van der Waals surface area contributed by atoms with Crippen LogP contribution in [0.3, 0.4) is 0 Å². The van der Waals surface area contributed by atoms with Crippen LogP contribution in [-0.2, 0) is 9.53 Å². The zero-order valence-corrected chi connectivity index (χ0v) is 13.3. The number of ether oxygens (including phenoxy) is 3. The molecule has 21 heavy (non-hydrogen) atoms. The lowest BCUT2D eigenvalue weighted by molar-refractivity contribution is -0.167. The number of hydrogen-bond acceptors (Lipinski definition) is 5. The molecule has 0 aliphatic carbocycles. The van der Waals surface area contributed by atoms with Crippen LogP contribution in [0.15, 0.2) is 18.2 Å². The first kappa shape index (κ1) is 17.3. The molecule has 0 saturated carbocycles. The maximum atomic E-state index is 12.1. The number of aliphatic hydroxyl groups is 1. The fourth-order valence-corrected chi connectivity index (χ4v) is 2.28. The first-order valence-corrected chi connectivity index (χ1v) is 7.06. The van der Waals surface area contributed by atoms with Crippen LogP contribution >= 0.6 is 0 Å². The summed E-state index contributed by atoms with van der Waals surface area (Å²) in [6.07, 6.45) is 0.265. The summed E-state index contributed by atoms with van der Waals surface area (Å²) in [5, 5.41) is 10.7. The second-order valence-corrected chi connectivity index (χ2v) is 4.83. The quantitative estimate of drug-likeness (QED) is 0.783. The standard InChI is InChI=1S/C16H24O5/c1-6-16(18,15(17)21-7-2)11(3)12-8-9-13(19-4)14(10-12)20-5/h8-11,18H,6-7H2,1-5H3. The summed E-state index contributed by atoms with van der Waals surface area (Å²) >= 11 is 0. The molecule has 0 aliphatic heterocycles. The summed E-state index contributed by atoms with van der Waals surface area (Å²) in [5.74, 6) is 0.130. The molecule has 0 saturated heterocycles. The molecule has 2 unspecified atom stereocenters. The van der Waals surface area contributed by atoms with E-state index in [0.717, 1.165) is 5.56 Å². The third kappa shape index (κ3) is 3.47. The highest BCUT2D eigenvalue weighted by atomic mass is 16.5. The lowest BCUT2D eigenvalue weighted by atomic mass is 9.81. The molecule has 0 heterocycles. The van der Waals surface area contributed by atoms with Gasteiger partial charge in [-0.1, -0.05) is 19.9 Å². The van der Waals surface area contributed by atoms with E-state index in [-0.39, 0.29) is 13.0 Å². The molecule has 0 fully saturated rings. The average Bonchev–Trinajstić information content (AvgIpc) is 2.52. The van der Waals surface area contributed by atoms with Crippen LogP contribution in [0.25, 0.3) is 0 Å². The zero-order valence-electron chi connectivity index (χ0n) is 13.3. The second-order valence-electron chi connectivity index (χ2n) is 4.83. The fraction of sp³-hybridized carbons (Fsp3) is 0.562. The van der Waals surface area contributed by atoms with Crippen LogP contribution in [-0.4, -0.2) is 37.5 Å². The van der Waals surface area contributed by atoms with Crippen molar-refractivity contribution < 1.29 is 24.1 Å². The van der Waals surface area contributed by atoms with Crippen molar-refractivity contribution in [3.05, 3.63) is 23.8 Å². The molecule has 0 aromatic heterocycles. The molecule has 0 bridgehead atoms. The van der Waals surface area contributed by atoms with E-state index in [1.807, 2.05) is 6.07 Å². The van der Waals surface area contributed by atoms with Crippen LogP contribution < -0.4 is 9.47 Å². The van der Waals surface area contributed by atoms with Crippen LogP contribution in [0.2, 0.25) is 0 Å². The molecular formula is C16H24O5. The highest BCUT2D eigenvalue weighted by molar-refractivity contribution is 5.80. The Morgan fingerprint density at radius 2 is 1.86 bits per heavy atom. The Morgan fingerprint density at radius 1 is 1.24 bits per heavy atom. The van der Waals surface area contributed by atoms with Crippen LogP contribution in [0.1, 0.15) is 38.7 Å².